The Labute approximate surface area is 106 Å². The molecule has 0 saturated carbocycles. The largest absolute Gasteiger partial charge is 0.240 e. The molecule has 0 aliphatic heterocycles. The van der Waals surface area contributed by atoms with Gasteiger partial charge in [-0.3, -0.25) is 0 Å². The molecular weight excluding hydrogens is 274 g/mol. The van der Waals surface area contributed by atoms with Crippen LogP contribution in [0.1, 0.15) is 5.56 Å². The quantitative estimate of drug-likeness (QED) is 0.481. The SMILES string of the molecule is O=C=Nc1c(Cl)cc(CCl)c(N=C=O)c1Cl. The van der Waals surface area contributed by atoms with Crippen molar-refractivity contribution in [3.05, 3.63) is 21.7 Å². The molecule has 0 saturated heterocycles. The topological polar surface area (TPSA) is 58.9 Å². The van der Waals surface area contributed by atoms with Crippen LogP contribution in [0.15, 0.2) is 16.1 Å². The van der Waals surface area contributed by atoms with Crippen LogP contribution in [0.25, 0.3) is 0 Å². The molecule has 0 fully saturated rings. The summed E-state index contributed by atoms with van der Waals surface area (Å²) in [7, 11) is 0. The van der Waals surface area contributed by atoms with Crippen LogP contribution in [0, 0.1) is 0 Å². The van der Waals surface area contributed by atoms with E-state index < -0.39 is 0 Å². The van der Waals surface area contributed by atoms with Gasteiger partial charge in [0.05, 0.1) is 10.0 Å². The standard InChI is InChI=1S/C9H3Cl3N2O2/c10-2-5-1-6(11)9(14-4-16)7(12)8(5)13-3-15/h1H,2H2. The maximum Gasteiger partial charge on any atom is 0.240 e. The zero-order chi connectivity index (χ0) is 12.1. The van der Waals surface area contributed by atoms with Crippen LogP contribution in [-0.4, -0.2) is 12.2 Å². The van der Waals surface area contributed by atoms with Gasteiger partial charge in [-0.1, -0.05) is 23.2 Å². The normalized spacial score (nSPS) is 9.19. The second kappa shape index (κ2) is 5.80. The molecule has 0 amide bonds. The molecule has 16 heavy (non-hydrogen) atoms. The lowest BCUT2D eigenvalue weighted by Crippen LogP contribution is -1.83. The molecular formula is C9H3Cl3N2O2. The highest BCUT2D eigenvalue weighted by Gasteiger charge is 2.15. The molecule has 1 rings (SSSR count). The Bertz CT molecular complexity index is 518. The zero-order valence-electron chi connectivity index (χ0n) is 7.63. The van der Waals surface area contributed by atoms with Crippen LogP contribution in [0.3, 0.4) is 0 Å². The van der Waals surface area contributed by atoms with Crippen LogP contribution >= 0.6 is 34.8 Å². The van der Waals surface area contributed by atoms with Gasteiger partial charge < -0.3 is 0 Å². The third-order valence-electron chi connectivity index (χ3n) is 1.71. The molecule has 0 bridgehead atoms. The van der Waals surface area contributed by atoms with Crippen molar-refractivity contribution < 1.29 is 9.59 Å². The van der Waals surface area contributed by atoms with E-state index >= 15 is 0 Å². The molecule has 7 heteroatoms. The summed E-state index contributed by atoms with van der Waals surface area (Å²) in [5.74, 6) is 0.0606. The second-order valence-electron chi connectivity index (χ2n) is 2.57. The first-order valence-corrected chi connectivity index (χ1v) is 5.17. The molecule has 4 nitrogen and oxygen atoms in total. The first-order valence-electron chi connectivity index (χ1n) is 3.88. The van der Waals surface area contributed by atoms with E-state index in [-0.39, 0.29) is 27.3 Å². The van der Waals surface area contributed by atoms with E-state index in [4.69, 9.17) is 34.8 Å². The van der Waals surface area contributed by atoms with Crippen molar-refractivity contribution in [3.8, 4) is 0 Å². The highest BCUT2D eigenvalue weighted by Crippen LogP contribution is 2.42. The van der Waals surface area contributed by atoms with Crippen LogP contribution in [-0.2, 0) is 15.5 Å². The molecule has 0 aliphatic rings. The van der Waals surface area contributed by atoms with Gasteiger partial charge in [0, 0.05) is 5.88 Å². The summed E-state index contributed by atoms with van der Waals surface area (Å²) in [4.78, 5) is 27.1. The maximum absolute atomic E-state index is 10.2. The van der Waals surface area contributed by atoms with Gasteiger partial charge in [-0.05, 0) is 11.6 Å². The lowest BCUT2D eigenvalue weighted by atomic mass is 10.2. The Morgan fingerprint density at radius 3 is 2.19 bits per heavy atom. The minimum absolute atomic E-state index is 0.00111. The third kappa shape index (κ3) is 2.50. The van der Waals surface area contributed by atoms with E-state index in [9.17, 15) is 9.59 Å². The predicted molar refractivity (Wildman–Crippen MR) is 61.6 cm³/mol. The molecule has 0 heterocycles. The van der Waals surface area contributed by atoms with Crippen molar-refractivity contribution in [2.75, 3.05) is 0 Å². The fourth-order valence-corrected chi connectivity index (χ4v) is 1.89. The van der Waals surface area contributed by atoms with E-state index in [0.29, 0.717) is 5.56 Å². The maximum atomic E-state index is 10.2. The van der Waals surface area contributed by atoms with Crippen molar-refractivity contribution in [2.24, 2.45) is 9.98 Å². The summed E-state index contributed by atoms with van der Waals surface area (Å²) >= 11 is 17.3. The molecule has 0 unspecified atom stereocenters. The summed E-state index contributed by atoms with van der Waals surface area (Å²) in [6.45, 7) is 0. The van der Waals surface area contributed by atoms with Gasteiger partial charge in [0.25, 0.3) is 0 Å². The number of benzene rings is 1. The minimum Gasteiger partial charge on any atom is -0.211 e. The lowest BCUT2D eigenvalue weighted by molar-refractivity contribution is 0.565. The number of isocyanates is 2. The number of nitrogens with zero attached hydrogens (tertiary/aromatic N) is 2. The molecule has 0 aromatic heterocycles. The monoisotopic (exact) mass is 276 g/mol. The van der Waals surface area contributed by atoms with Crippen molar-refractivity contribution in [3.63, 3.8) is 0 Å². The average Bonchev–Trinajstić information content (AvgIpc) is 2.28. The number of aliphatic imine (C=N–C) groups is 2. The molecule has 0 aliphatic carbocycles. The van der Waals surface area contributed by atoms with Crippen molar-refractivity contribution in [2.45, 2.75) is 5.88 Å². The molecule has 1 aromatic rings. The summed E-state index contributed by atoms with van der Waals surface area (Å²) in [6.07, 6.45) is 2.64. The molecule has 0 atom stereocenters. The van der Waals surface area contributed by atoms with Crippen LogP contribution in [0.4, 0.5) is 11.4 Å². The van der Waals surface area contributed by atoms with E-state index in [1.165, 1.54) is 18.2 Å². The van der Waals surface area contributed by atoms with E-state index in [1.54, 1.807) is 0 Å². The van der Waals surface area contributed by atoms with Crippen LogP contribution in [0.5, 0.6) is 0 Å². The fraction of sp³-hybridized carbons (Fsp3) is 0.111. The van der Waals surface area contributed by atoms with Gasteiger partial charge in [0.2, 0.25) is 12.2 Å². The van der Waals surface area contributed by atoms with Crippen molar-refractivity contribution in [1.82, 2.24) is 0 Å². The smallest absolute Gasteiger partial charge is 0.211 e. The van der Waals surface area contributed by atoms with Gasteiger partial charge >= 0.3 is 0 Å². The Morgan fingerprint density at radius 1 is 1.12 bits per heavy atom. The van der Waals surface area contributed by atoms with Gasteiger partial charge in [-0.15, -0.1) is 11.6 Å². The Balaban J connectivity index is 3.63. The lowest BCUT2D eigenvalue weighted by Gasteiger charge is -2.06. The number of carbonyl (C=O) groups excluding carboxylic acids is 2. The third-order valence-corrected chi connectivity index (χ3v) is 2.64. The molecule has 0 radical (unpaired) electrons. The van der Waals surface area contributed by atoms with Crippen molar-refractivity contribution in [1.29, 1.82) is 0 Å². The number of halogens is 3. The highest BCUT2D eigenvalue weighted by atomic mass is 35.5. The number of rotatable bonds is 3. The van der Waals surface area contributed by atoms with Crippen molar-refractivity contribution >= 4 is 58.3 Å². The Morgan fingerprint density at radius 2 is 1.69 bits per heavy atom. The molecule has 0 spiro atoms. The first-order chi connectivity index (χ1) is 7.65. The average molecular weight is 277 g/mol. The zero-order valence-corrected chi connectivity index (χ0v) is 9.90. The molecule has 1 aromatic carbocycles. The Kier molecular flexibility index (Phi) is 4.69. The minimum atomic E-state index is -0.0325. The first kappa shape index (κ1) is 12.9. The summed E-state index contributed by atoms with van der Waals surface area (Å²) in [6, 6.07) is 1.42. The van der Waals surface area contributed by atoms with Crippen LogP contribution < -0.4 is 0 Å². The van der Waals surface area contributed by atoms with Gasteiger partial charge in [0.1, 0.15) is 11.4 Å². The summed E-state index contributed by atoms with van der Waals surface area (Å²) in [5, 5.41) is 0.101. The van der Waals surface area contributed by atoms with Gasteiger partial charge in [-0.2, -0.15) is 9.98 Å². The summed E-state index contributed by atoms with van der Waals surface area (Å²) in [5.41, 5.74) is 0.552. The fourth-order valence-electron chi connectivity index (χ4n) is 1.06. The van der Waals surface area contributed by atoms with E-state index in [1.807, 2.05) is 0 Å². The van der Waals surface area contributed by atoms with E-state index in [0.717, 1.165) is 0 Å². The Hall–Kier alpha value is -1.15. The van der Waals surface area contributed by atoms with E-state index in [2.05, 4.69) is 9.98 Å². The summed E-state index contributed by atoms with van der Waals surface area (Å²) < 4.78 is 0. The highest BCUT2D eigenvalue weighted by molar-refractivity contribution is 6.40. The molecule has 0 N–H and O–H groups in total. The van der Waals surface area contributed by atoms with Gasteiger partial charge in [-0.25, -0.2) is 9.59 Å². The number of hydrogen-bond acceptors (Lipinski definition) is 4. The second-order valence-corrected chi connectivity index (χ2v) is 3.62. The number of hydrogen-bond donors (Lipinski definition) is 0. The van der Waals surface area contributed by atoms with Gasteiger partial charge in [0.15, 0.2) is 0 Å². The van der Waals surface area contributed by atoms with Crippen LogP contribution in [0.2, 0.25) is 10.0 Å². The predicted octanol–water partition coefficient (Wildman–Crippen LogP) is 3.67. The molecule has 82 valence electrons. The number of alkyl halides is 1.